The van der Waals surface area contributed by atoms with E-state index in [4.69, 9.17) is 4.74 Å². The zero-order chi connectivity index (χ0) is 26.9. The molecule has 5 aromatic carbocycles. The highest BCUT2D eigenvalue weighted by Gasteiger charge is 2.38. The normalized spacial score (nSPS) is 13.0. The second kappa shape index (κ2) is 9.97. The lowest BCUT2D eigenvalue weighted by Crippen LogP contribution is -2.37. The first-order valence-corrected chi connectivity index (χ1v) is 13.7. The van der Waals surface area contributed by atoms with Gasteiger partial charge in [0.15, 0.2) is 0 Å². The molecule has 6 aromatic rings. The van der Waals surface area contributed by atoms with Crippen molar-refractivity contribution in [3.8, 4) is 5.75 Å². The minimum Gasteiger partial charge on any atom is -0.493 e. The molecule has 1 aliphatic heterocycles. The third-order valence-electron chi connectivity index (χ3n) is 7.96. The zero-order valence-electron chi connectivity index (χ0n) is 22.0. The summed E-state index contributed by atoms with van der Waals surface area (Å²) in [5, 5.41) is 2.19. The maximum atomic E-state index is 13.8. The van der Waals surface area contributed by atoms with E-state index >= 15 is 0 Å². The van der Waals surface area contributed by atoms with Crippen molar-refractivity contribution in [2.24, 2.45) is 0 Å². The van der Waals surface area contributed by atoms with Crippen molar-refractivity contribution < 1.29 is 9.53 Å². The van der Waals surface area contributed by atoms with Crippen LogP contribution in [0.5, 0.6) is 5.75 Å². The van der Waals surface area contributed by atoms with Crippen LogP contribution in [-0.2, 0) is 12.0 Å². The van der Waals surface area contributed by atoms with Crippen LogP contribution in [0.3, 0.4) is 0 Å². The Balaban J connectivity index is 1.36. The van der Waals surface area contributed by atoms with E-state index in [1.54, 1.807) is 6.33 Å². The number of aromatic nitrogens is 2. The largest absolute Gasteiger partial charge is 0.493 e. The number of hydrogen-bond donors (Lipinski definition) is 0. The van der Waals surface area contributed by atoms with Gasteiger partial charge in [0.2, 0.25) is 5.78 Å². The summed E-state index contributed by atoms with van der Waals surface area (Å²) in [4.78, 5) is 18.5. The van der Waals surface area contributed by atoms with Crippen molar-refractivity contribution >= 4 is 16.6 Å². The van der Waals surface area contributed by atoms with Crippen LogP contribution in [0.2, 0.25) is 0 Å². The van der Waals surface area contributed by atoms with Gasteiger partial charge in [-0.05, 0) is 52.4 Å². The SMILES string of the molecule is O=C(c1ccc2c3c(ccc2c1)OCCC3)c1cn(C(c2ccccc2)(c2ccccc2)c2ccccc2)cn1. The molecule has 4 nitrogen and oxygen atoms in total. The van der Waals surface area contributed by atoms with E-state index < -0.39 is 5.54 Å². The lowest BCUT2D eigenvalue weighted by atomic mass is 9.77. The minimum absolute atomic E-state index is 0.0993. The summed E-state index contributed by atoms with van der Waals surface area (Å²) in [5.74, 6) is 0.855. The molecule has 194 valence electrons. The number of benzene rings is 5. The van der Waals surface area contributed by atoms with Crippen molar-refractivity contribution in [3.63, 3.8) is 0 Å². The molecule has 4 heteroatoms. The van der Waals surface area contributed by atoms with E-state index in [2.05, 4.69) is 88.4 Å². The number of aryl methyl sites for hydroxylation is 1. The first kappa shape index (κ1) is 24.1. The molecule has 1 aliphatic rings. The van der Waals surface area contributed by atoms with Gasteiger partial charge in [-0.15, -0.1) is 0 Å². The molecule has 0 radical (unpaired) electrons. The molecule has 0 bridgehead atoms. The predicted molar refractivity (Wildman–Crippen MR) is 158 cm³/mol. The topological polar surface area (TPSA) is 44.1 Å². The fraction of sp³-hybridized carbons (Fsp3) is 0.111. The lowest BCUT2D eigenvalue weighted by molar-refractivity contribution is 0.103. The number of carbonyl (C=O) groups excluding carboxylic acids is 1. The lowest BCUT2D eigenvalue weighted by Gasteiger charge is -2.37. The molecule has 0 saturated heterocycles. The molecule has 0 spiro atoms. The van der Waals surface area contributed by atoms with E-state index in [1.165, 1.54) is 5.56 Å². The minimum atomic E-state index is -0.711. The molecule has 1 aromatic heterocycles. The molecule has 2 heterocycles. The smallest absolute Gasteiger partial charge is 0.212 e. The fourth-order valence-corrected chi connectivity index (χ4v) is 6.10. The van der Waals surface area contributed by atoms with Crippen LogP contribution >= 0.6 is 0 Å². The van der Waals surface area contributed by atoms with Crippen molar-refractivity contribution in [3.05, 3.63) is 167 Å². The molecular formula is C36H28N2O2. The number of nitrogens with zero attached hydrogens (tertiary/aromatic N) is 2. The van der Waals surface area contributed by atoms with Gasteiger partial charge in [-0.3, -0.25) is 4.79 Å². The van der Waals surface area contributed by atoms with Crippen molar-refractivity contribution in [2.45, 2.75) is 18.4 Å². The second-order valence-corrected chi connectivity index (χ2v) is 10.2. The van der Waals surface area contributed by atoms with Gasteiger partial charge < -0.3 is 9.30 Å². The van der Waals surface area contributed by atoms with E-state index in [0.717, 1.165) is 52.7 Å². The third kappa shape index (κ3) is 3.92. The van der Waals surface area contributed by atoms with Gasteiger partial charge in [0.1, 0.15) is 17.0 Å². The van der Waals surface area contributed by atoms with E-state index in [0.29, 0.717) is 11.3 Å². The van der Waals surface area contributed by atoms with E-state index in [1.807, 2.05) is 48.7 Å². The predicted octanol–water partition coefficient (Wildman–Crippen LogP) is 7.43. The molecule has 0 amide bonds. The Labute approximate surface area is 233 Å². The molecule has 0 unspecified atom stereocenters. The third-order valence-corrected chi connectivity index (χ3v) is 7.96. The molecule has 0 N–H and O–H groups in total. The Morgan fingerprint density at radius 1 is 0.750 bits per heavy atom. The first-order valence-electron chi connectivity index (χ1n) is 13.7. The Morgan fingerprint density at radius 2 is 1.38 bits per heavy atom. The number of hydrogen-bond acceptors (Lipinski definition) is 3. The number of ketones is 1. The van der Waals surface area contributed by atoms with Crippen LogP contribution in [0.1, 0.15) is 44.7 Å². The summed E-state index contributed by atoms with van der Waals surface area (Å²) in [6.45, 7) is 0.758. The van der Waals surface area contributed by atoms with Gasteiger partial charge in [0, 0.05) is 17.3 Å². The number of imidazole rings is 1. The zero-order valence-corrected chi connectivity index (χ0v) is 22.0. The summed E-state index contributed by atoms with van der Waals surface area (Å²) >= 11 is 0. The Bertz CT molecular complexity index is 1710. The molecule has 0 atom stereocenters. The summed E-state index contributed by atoms with van der Waals surface area (Å²) in [6, 6.07) is 41.2. The highest BCUT2D eigenvalue weighted by Crippen LogP contribution is 2.41. The van der Waals surface area contributed by atoms with Crippen LogP contribution in [0.4, 0.5) is 0 Å². The van der Waals surface area contributed by atoms with Crippen molar-refractivity contribution in [1.82, 2.24) is 9.55 Å². The van der Waals surface area contributed by atoms with Crippen LogP contribution < -0.4 is 4.74 Å². The molecular weight excluding hydrogens is 492 g/mol. The molecule has 7 rings (SSSR count). The van der Waals surface area contributed by atoms with Crippen LogP contribution in [0, 0.1) is 0 Å². The number of rotatable bonds is 6. The Kier molecular flexibility index (Phi) is 6.01. The summed E-state index contributed by atoms with van der Waals surface area (Å²) in [5.41, 5.74) is 4.81. The molecule has 40 heavy (non-hydrogen) atoms. The standard InChI is InChI=1S/C36H28N2O2/c39-35(27-18-20-31-26(23-27)19-21-34-32(31)17-10-22-40-34)33-24-38(25-37-33)36(28-11-4-1-5-12-28,29-13-6-2-7-14-29)30-15-8-3-9-16-30/h1-9,11-16,18-21,23-25H,10,17,22H2. The number of ether oxygens (including phenoxy) is 1. The van der Waals surface area contributed by atoms with E-state index in [-0.39, 0.29) is 5.78 Å². The summed E-state index contributed by atoms with van der Waals surface area (Å²) in [6.07, 6.45) is 5.68. The highest BCUT2D eigenvalue weighted by molar-refractivity contribution is 6.09. The van der Waals surface area contributed by atoms with Crippen LogP contribution in [0.25, 0.3) is 10.8 Å². The summed E-state index contributed by atoms with van der Waals surface area (Å²) in [7, 11) is 0. The maximum Gasteiger partial charge on any atom is 0.212 e. The maximum absolute atomic E-state index is 13.8. The van der Waals surface area contributed by atoms with Gasteiger partial charge in [-0.2, -0.15) is 0 Å². The average Bonchev–Trinajstić information content (AvgIpc) is 3.53. The molecule has 0 fully saturated rings. The first-order chi connectivity index (χ1) is 19.7. The monoisotopic (exact) mass is 520 g/mol. The molecule has 0 saturated carbocycles. The Morgan fingerprint density at radius 3 is 2.00 bits per heavy atom. The fourth-order valence-electron chi connectivity index (χ4n) is 6.10. The highest BCUT2D eigenvalue weighted by atomic mass is 16.5. The van der Waals surface area contributed by atoms with E-state index in [9.17, 15) is 4.79 Å². The van der Waals surface area contributed by atoms with Crippen molar-refractivity contribution in [1.29, 1.82) is 0 Å². The van der Waals surface area contributed by atoms with Gasteiger partial charge in [-0.25, -0.2) is 4.98 Å². The second-order valence-electron chi connectivity index (χ2n) is 10.2. The summed E-state index contributed by atoms with van der Waals surface area (Å²) < 4.78 is 7.92. The average molecular weight is 521 g/mol. The van der Waals surface area contributed by atoms with Gasteiger partial charge in [-0.1, -0.05) is 109 Å². The van der Waals surface area contributed by atoms with Crippen LogP contribution in [0.15, 0.2) is 134 Å². The Hall–Kier alpha value is -4.96. The van der Waals surface area contributed by atoms with Crippen molar-refractivity contribution in [2.75, 3.05) is 6.61 Å². The van der Waals surface area contributed by atoms with Gasteiger partial charge in [0.25, 0.3) is 0 Å². The molecule has 0 aliphatic carbocycles. The quantitative estimate of drug-likeness (QED) is 0.169. The van der Waals surface area contributed by atoms with Crippen LogP contribution in [-0.4, -0.2) is 21.9 Å². The number of carbonyl (C=O) groups is 1. The van der Waals surface area contributed by atoms with Gasteiger partial charge >= 0.3 is 0 Å². The number of fused-ring (bicyclic) bond motifs is 3. The van der Waals surface area contributed by atoms with Gasteiger partial charge in [0.05, 0.1) is 12.9 Å².